The van der Waals surface area contributed by atoms with Crippen LogP contribution in [0.5, 0.6) is 0 Å². The summed E-state index contributed by atoms with van der Waals surface area (Å²) in [5.41, 5.74) is 6.41. The zero-order valence-corrected chi connectivity index (χ0v) is 21.3. The van der Waals surface area contributed by atoms with Crippen LogP contribution in [-0.2, 0) is 16.6 Å². The van der Waals surface area contributed by atoms with Crippen LogP contribution < -0.4 is 5.73 Å². The van der Waals surface area contributed by atoms with E-state index in [0.29, 0.717) is 41.6 Å². The third-order valence-corrected chi connectivity index (χ3v) is 8.17. The van der Waals surface area contributed by atoms with Gasteiger partial charge in [-0.1, -0.05) is 36.4 Å². The van der Waals surface area contributed by atoms with Crippen molar-refractivity contribution in [3.05, 3.63) is 83.4 Å². The summed E-state index contributed by atoms with van der Waals surface area (Å²) < 4.78 is 41.7. The van der Waals surface area contributed by atoms with E-state index in [2.05, 4.69) is 4.98 Å². The first-order valence-electron chi connectivity index (χ1n) is 13.0. The number of nitrogens with two attached hydrogens (primary N) is 1. The number of carbonyl (C=O) groups is 1. The van der Waals surface area contributed by atoms with Crippen molar-refractivity contribution in [2.24, 2.45) is 0 Å². The van der Waals surface area contributed by atoms with E-state index in [0.717, 1.165) is 42.8 Å². The molecular weight excluding hydrogens is 507 g/mol. The second-order valence-corrected chi connectivity index (χ2v) is 10.6. The smallest absolute Gasteiger partial charge is 0.382 e. The second kappa shape index (κ2) is 9.08. The molecule has 7 nitrogen and oxygen atoms in total. The lowest BCUT2D eigenvalue weighted by molar-refractivity contribution is -0.137. The Morgan fingerprint density at radius 2 is 1.77 bits per heavy atom. The Labute approximate surface area is 223 Å². The summed E-state index contributed by atoms with van der Waals surface area (Å²) in [5, 5.41) is 11.2. The summed E-state index contributed by atoms with van der Waals surface area (Å²) in [5.74, 6) is 1.37. The summed E-state index contributed by atoms with van der Waals surface area (Å²) >= 11 is 0. The average molecular weight is 536 g/mol. The van der Waals surface area contributed by atoms with Gasteiger partial charge in [-0.15, -0.1) is 0 Å². The Hall–Kier alpha value is -3.92. The highest BCUT2D eigenvalue weighted by Crippen LogP contribution is 2.39. The van der Waals surface area contributed by atoms with E-state index in [1.54, 1.807) is 30.5 Å². The standard InChI is InChI=1S/C29H28F3N5O2/c1-28(39,20-3-2-4-21(15-20)29(30,31)32)19-8-5-17(6-9-19)24-25-26(33)34-13-14-36(25)27(35-24)18-7-10-22-11-12-23(38)37(22)16-18/h2-6,8-9,13-15,18,22,39H,7,10-12,16H2,1H3,(H2,33,34)/t18-,22+,28-/m1/s1. The fourth-order valence-corrected chi connectivity index (χ4v) is 5.97. The molecule has 3 atom stereocenters. The van der Waals surface area contributed by atoms with Crippen molar-refractivity contribution >= 4 is 17.2 Å². The number of aromatic nitrogens is 3. The van der Waals surface area contributed by atoms with Gasteiger partial charge in [-0.2, -0.15) is 13.2 Å². The number of fused-ring (bicyclic) bond motifs is 2. The summed E-state index contributed by atoms with van der Waals surface area (Å²) in [6.07, 6.45) is 2.28. The molecule has 0 aliphatic carbocycles. The largest absolute Gasteiger partial charge is 0.416 e. The van der Waals surface area contributed by atoms with Crippen LogP contribution in [0.15, 0.2) is 60.9 Å². The fourth-order valence-electron chi connectivity index (χ4n) is 5.97. The van der Waals surface area contributed by atoms with Gasteiger partial charge in [-0.05, 0) is 49.4 Å². The molecule has 3 N–H and O–H groups in total. The summed E-state index contributed by atoms with van der Waals surface area (Å²) in [6.45, 7) is 2.09. The number of nitrogen functional groups attached to an aromatic ring is 1. The third kappa shape index (κ3) is 4.32. The Morgan fingerprint density at radius 3 is 2.51 bits per heavy atom. The van der Waals surface area contributed by atoms with Gasteiger partial charge in [0.05, 0.1) is 5.56 Å². The Bertz CT molecular complexity index is 1560. The molecule has 6 rings (SSSR count). The van der Waals surface area contributed by atoms with Gasteiger partial charge in [0.1, 0.15) is 28.5 Å². The lowest BCUT2D eigenvalue weighted by atomic mass is 9.87. The molecule has 202 valence electrons. The SMILES string of the molecule is C[C@@](O)(c1ccc(-c2nc([C@@H]3CC[C@H]4CCC(=O)N4C3)n3ccnc(N)c23)cc1)c1cccc(C(F)(F)F)c1. The monoisotopic (exact) mass is 535 g/mol. The predicted molar refractivity (Wildman–Crippen MR) is 140 cm³/mol. The summed E-state index contributed by atoms with van der Waals surface area (Å²) in [6, 6.07) is 11.9. The number of halogens is 3. The minimum atomic E-state index is -4.51. The lowest BCUT2D eigenvalue weighted by Gasteiger charge is -2.34. The molecule has 0 spiro atoms. The van der Waals surface area contributed by atoms with Crippen molar-refractivity contribution in [2.75, 3.05) is 12.3 Å². The van der Waals surface area contributed by atoms with Gasteiger partial charge in [0, 0.05) is 42.9 Å². The van der Waals surface area contributed by atoms with Gasteiger partial charge in [-0.25, -0.2) is 9.97 Å². The Morgan fingerprint density at radius 1 is 1.03 bits per heavy atom. The molecular formula is C29H28F3N5O2. The summed E-state index contributed by atoms with van der Waals surface area (Å²) in [7, 11) is 0. The zero-order valence-electron chi connectivity index (χ0n) is 21.3. The van der Waals surface area contributed by atoms with Gasteiger partial charge < -0.3 is 15.7 Å². The predicted octanol–water partition coefficient (Wildman–Crippen LogP) is 5.12. The van der Waals surface area contributed by atoms with Gasteiger partial charge in [0.25, 0.3) is 0 Å². The molecule has 2 fully saturated rings. The molecule has 2 aliphatic rings. The molecule has 2 aliphatic heterocycles. The van der Waals surface area contributed by atoms with Crippen LogP contribution in [-0.4, -0.2) is 42.9 Å². The van der Waals surface area contributed by atoms with Crippen LogP contribution in [0.2, 0.25) is 0 Å². The van der Waals surface area contributed by atoms with Gasteiger partial charge in [-0.3, -0.25) is 9.20 Å². The molecule has 4 heterocycles. The number of aliphatic hydroxyl groups is 1. The summed E-state index contributed by atoms with van der Waals surface area (Å²) in [4.78, 5) is 23.6. The average Bonchev–Trinajstić information content (AvgIpc) is 3.50. The minimum Gasteiger partial charge on any atom is -0.382 e. The van der Waals surface area contributed by atoms with Crippen LogP contribution in [0.1, 0.15) is 61.0 Å². The lowest BCUT2D eigenvalue weighted by Crippen LogP contribution is -2.41. The molecule has 0 bridgehead atoms. The first-order chi connectivity index (χ1) is 18.5. The van der Waals surface area contributed by atoms with Crippen LogP contribution in [0.3, 0.4) is 0 Å². The number of carbonyl (C=O) groups excluding carboxylic acids is 1. The van der Waals surface area contributed by atoms with Crippen LogP contribution in [0, 0.1) is 0 Å². The van der Waals surface area contributed by atoms with E-state index >= 15 is 0 Å². The van der Waals surface area contributed by atoms with Crippen LogP contribution in [0.4, 0.5) is 19.0 Å². The maximum Gasteiger partial charge on any atom is 0.416 e. The molecule has 2 saturated heterocycles. The first kappa shape index (κ1) is 25.4. The van der Waals surface area contributed by atoms with Crippen LogP contribution in [0.25, 0.3) is 16.8 Å². The van der Waals surface area contributed by atoms with E-state index < -0.39 is 17.3 Å². The number of piperidine rings is 1. The molecule has 1 amide bonds. The minimum absolute atomic E-state index is 0.0484. The Kier molecular flexibility index (Phi) is 5.91. The van der Waals surface area contributed by atoms with E-state index in [9.17, 15) is 23.1 Å². The number of amides is 1. The van der Waals surface area contributed by atoms with Crippen molar-refractivity contribution in [3.8, 4) is 11.3 Å². The van der Waals surface area contributed by atoms with Crippen molar-refractivity contribution in [3.63, 3.8) is 0 Å². The highest BCUT2D eigenvalue weighted by Gasteiger charge is 2.38. The Balaban J connectivity index is 1.36. The van der Waals surface area contributed by atoms with Gasteiger partial charge in [0.2, 0.25) is 5.91 Å². The number of anilines is 1. The zero-order chi connectivity index (χ0) is 27.5. The second-order valence-electron chi connectivity index (χ2n) is 10.6. The molecule has 0 saturated carbocycles. The fraction of sp³-hybridized carbons (Fsp3) is 0.345. The molecule has 39 heavy (non-hydrogen) atoms. The molecule has 4 aromatic rings. The number of hydrogen-bond acceptors (Lipinski definition) is 5. The van der Waals surface area contributed by atoms with E-state index in [1.807, 2.05) is 15.5 Å². The quantitative estimate of drug-likeness (QED) is 0.378. The molecule has 0 unspecified atom stereocenters. The normalized spacial score (nSPS) is 21.3. The highest BCUT2D eigenvalue weighted by molar-refractivity contribution is 5.85. The maximum atomic E-state index is 13.3. The molecule has 2 aromatic heterocycles. The molecule has 2 aromatic carbocycles. The van der Waals surface area contributed by atoms with Crippen molar-refractivity contribution in [1.82, 2.24) is 19.3 Å². The number of alkyl halides is 3. The van der Waals surface area contributed by atoms with Crippen molar-refractivity contribution < 1.29 is 23.1 Å². The number of hydrogen-bond donors (Lipinski definition) is 2. The van der Waals surface area contributed by atoms with Gasteiger partial charge >= 0.3 is 6.18 Å². The van der Waals surface area contributed by atoms with E-state index in [1.165, 1.54) is 19.1 Å². The molecule has 10 heteroatoms. The van der Waals surface area contributed by atoms with Crippen LogP contribution >= 0.6 is 0 Å². The first-order valence-corrected chi connectivity index (χ1v) is 13.0. The number of imidazole rings is 1. The van der Waals surface area contributed by atoms with Gasteiger partial charge in [0.15, 0.2) is 0 Å². The van der Waals surface area contributed by atoms with Crippen molar-refractivity contribution in [2.45, 2.75) is 56.3 Å². The van der Waals surface area contributed by atoms with Crippen molar-refractivity contribution in [1.29, 1.82) is 0 Å². The third-order valence-electron chi connectivity index (χ3n) is 8.17. The topological polar surface area (TPSA) is 96.8 Å². The number of benzene rings is 2. The van der Waals surface area contributed by atoms with E-state index in [4.69, 9.17) is 10.7 Å². The van der Waals surface area contributed by atoms with E-state index in [-0.39, 0.29) is 17.4 Å². The number of rotatable bonds is 4. The maximum absolute atomic E-state index is 13.3. The molecule has 0 radical (unpaired) electrons. The highest BCUT2D eigenvalue weighted by atomic mass is 19.4. The number of nitrogens with zero attached hydrogens (tertiary/aromatic N) is 4.